The molecule has 0 fully saturated rings. The Morgan fingerprint density at radius 3 is 2.19 bits per heavy atom. The highest BCUT2D eigenvalue weighted by molar-refractivity contribution is 6.11. The predicted octanol–water partition coefficient (Wildman–Crippen LogP) is 2.40. The van der Waals surface area contributed by atoms with Gasteiger partial charge in [0.05, 0.1) is 28.7 Å². The van der Waals surface area contributed by atoms with Crippen LogP contribution in [0.2, 0.25) is 0 Å². The van der Waals surface area contributed by atoms with Crippen molar-refractivity contribution in [2.45, 2.75) is 19.8 Å². The molecule has 0 saturated heterocycles. The summed E-state index contributed by atoms with van der Waals surface area (Å²) in [6, 6.07) is 14.3. The maximum atomic E-state index is 13.1. The van der Waals surface area contributed by atoms with E-state index in [-0.39, 0.29) is 55.5 Å². The van der Waals surface area contributed by atoms with Crippen LogP contribution in [0.3, 0.4) is 0 Å². The minimum absolute atomic E-state index is 0.0158. The standard InChI is InChI=1S/C23H24N4O4/c1-15-13-26(19-10-6-5-9-18(19)25(2)23(15)31)21(29)11-12-22(30)27-14-20(28)24-16-7-3-4-8-17(16)27/h3-10,15H,11-14H2,1-2H3,(H,24,28). The molecule has 2 aliphatic heterocycles. The molecule has 31 heavy (non-hydrogen) atoms. The number of nitrogens with one attached hydrogen (secondary N) is 1. The van der Waals surface area contributed by atoms with Crippen molar-refractivity contribution in [1.29, 1.82) is 0 Å². The van der Waals surface area contributed by atoms with E-state index in [9.17, 15) is 19.2 Å². The normalized spacial score (nSPS) is 18.1. The van der Waals surface area contributed by atoms with Crippen LogP contribution in [0, 0.1) is 5.92 Å². The number of carbonyl (C=O) groups excluding carboxylic acids is 4. The van der Waals surface area contributed by atoms with Gasteiger partial charge < -0.3 is 20.0 Å². The summed E-state index contributed by atoms with van der Waals surface area (Å²) < 4.78 is 0. The summed E-state index contributed by atoms with van der Waals surface area (Å²) in [6.07, 6.45) is -0.0463. The number of carbonyl (C=O) groups is 4. The Morgan fingerprint density at radius 1 is 0.903 bits per heavy atom. The van der Waals surface area contributed by atoms with Gasteiger partial charge in [0.25, 0.3) is 0 Å². The van der Waals surface area contributed by atoms with Gasteiger partial charge in [-0.3, -0.25) is 19.2 Å². The van der Waals surface area contributed by atoms with Gasteiger partial charge in [0.1, 0.15) is 6.54 Å². The van der Waals surface area contributed by atoms with Crippen LogP contribution in [0.5, 0.6) is 0 Å². The second kappa shape index (κ2) is 8.22. The monoisotopic (exact) mass is 420 g/mol. The quantitative estimate of drug-likeness (QED) is 0.826. The highest BCUT2D eigenvalue weighted by atomic mass is 16.2. The summed E-state index contributed by atoms with van der Waals surface area (Å²) in [5.74, 6) is -1.22. The van der Waals surface area contributed by atoms with E-state index in [0.717, 1.165) is 0 Å². The zero-order chi connectivity index (χ0) is 22.1. The fraction of sp³-hybridized carbons (Fsp3) is 0.304. The molecule has 4 amide bonds. The number of fused-ring (bicyclic) bond motifs is 2. The van der Waals surface area contributed by atoms with E-state index in [1.165, 1.54) is 4.90 Å². The van der Waals surface area contributed by atoms with E-state index in [4.69, 9.17) is 0 Å². The van der Waals surface area contributed by atoms with Gasteiger partial charge in [0, 0.05) is 26.4 Å². The molecule has 0 aromatic heterocycles. The second-order valence-electron chi connectivity index (χ2n) is 7.84. The highest BCUT2D eigenvalue weighted by Gasteiger charge is 2.32. The molecule has 160 valence electrons. The van der Waals surface area contributed by atoms with Gasteiger partial charge in [0.15, 0.2) is 0 Å². The van der Waals surface area contributed by atoms with Crippen LogP contribution in [-0.2, 0) is 19.2 Å². The first kappa shape index (κ1) is 20.6. The Morgan fingerprint density at radius 2 is 1.48 bits per heavy atom. The number of amides is 4. The third kappa shape index (κ3) is 3.88. The fourth-order valence-corrected chi connectivity index (χ4v) is 4.05. The van der Waals surface area contributed by atoms with Crippen LogP contribution in [0.15, 0.2) is 48.5 Å². The molecule has 0 saturated carbocycles. The van der Waals surface area contributed by atoms with Crippen molar-refractivity contribution in [3.05, 3.63) is 48.5 Å². The van der Waals surface area contributed by atoms with E-state index in [0.29, 0.717) is 22.7 Å². The van der Waals surface area contributed by atoms with Gasteiger partial charge in [-0.15, -0.1) is 0 Å². The number of anilines is 4. The van der Waals surface area contributed by atoms with Crippen molar-refractivity contribution in [3.8, 4) is 0 Å². The van der Waals surface area contributed by atoms with Crippen molar-refractivity contribution in [3.63, 3.8) is 0 Å². The molecule has 1 N–H and O–H groups in total. The van der Waals surface area contributed by atoms with E-state index in [1.54, 1.807) is 54.1 Å². The van der Waals surface area contributed by atoms with Crippen molar-refractivity contribution >= 4 is 46.4 Å². The Hall–Kier alpha value is -3.68. The van der Waals surface area contributed by atoms with Crippen LogP contribution >= 0.6 is 0 Å². The summed E-state index contributed by atoms with van der Waals surface area (Å²) in [6.45, 7) is 1.97. The molecule has 8 nitrogen and oxygen atoms in total. The Bertz CT molecular complexity index is 1070. The summed E-state index contributed by atoms with van der Waals surface area (Å²) in [5, 5.41) is 2.75. The molecule has 2 heterocycles. The van der Waals surface area contributed by atoms with Gasteiger partial charge >= 0.3 is 0 Å². The van der Waals surface area contributed by atoms with E-state index >= 15 is 0 Å². The average Bonchev–Trinajstić information content (AvgIpc) is 2.87. The first-order chi connectivity index (χ1) is 14.9. The van der Waals surface area contributed by atoms with E-state index < -0.39 is 0 Å². The Kier molecular flexibility index (Phi) is 5.46. The lowest BCUT2D eigenvalue weighted by Crippen LogP contribution is -2.43. The van der Waals surface area contributed by atoms with Crippen LogP contribution in [0.4, 0.5) is 22.7 Å². The topological polar surface area (TPSA) is 90.0 Å². The van der Waals surface area contributed by atoms with Crippen LogP contribution in [0.1, 0.15) is 19.8 Å². The second-order valence-corrected chi connectivity index (χ2v) is 7.84. The summed E-state index contributed by atoms with van der Waals surface area (Å²) >= 11 is 0. The third-order valence-electron chi connectivity index (χ3n) is 5.67. The summed E-state index contributed by atoms with van der Waals surface area (Å²) in [5.41, 5.74) is 2.52. The van der Waals surface area contributed by atoms with Crippen molar-refractivity contribution in [2.24, 2.45) is 5.92 Å². The lowest BCUT2D eigenvalue weighted by molar-refractivity contribution is -0.125. The first-order valence-electron chi connectivity index (χ1n) is 10.2. The lowest BCUT2D eigenvalue weighted by Gasteiger charge is -2.29. The van der Waals surface area contributed by atoms with Crippen LogP contribution in [0.25, 0.3) is 0 Å². The third-order valence-corrected chi connectivity index (χ3v) is 5.67. The van der Waals surface area contributed by atoms with Crippen molar-refractivity contribution < 1.29 is 19.2 Å². The summed E-state index contributed by atoms with van der Waals surface area (Å²) in [7, 11) is 1.70. The van der Waals surface area contributed by atoms with E-state index in [1.807, 2.05) is 18.2 Å². The maximum Gasteiger partial charge on any atom is 0.244 e. The number of benzene rings is 2. The maximum absolute atomic E-state index is 13.1. The van der Waals surface area contributed by atoms with Crippen molar-refractivity contribution in [1.82, 2.24) is 0 Å². The van der Waals surface area contributed by atoms with Gasteiger partial charge in [-0.1, -0.05) is 31.2 Å². The molecule has 2 aliphatic rings. The molecule has 4 rings (SSSR count). The average molecular weight is 420 g/mol. The molecule has 0 aliphatic carbocycles. The fourth-order valence-electron chi connectivity index (χ4n) is 4.05. The zero-order valence-electron chi connectivity index (χ0n) is 17.5. The minimum atomic E-state index is -0.366. The largest absolute Gasteiger partial charge is 0.323 e. The molecule has 0 radical (unpaired) electrons. The number of nitrogens with zero attached hydrogens (tertiary/aromatic N) is 3. The Balaban J connectivity index is 1.51. The van der Waals surface area contributed by atoms with Crippen molar-refractivity contribution in [2.75, 3.05) is 40.2 Å². The lowest BCUT2D eigenvalue weighted by atomic mass is 10.1. The predicted molar refractivity (Wildman–Crippen MR) is 118 cm³/mol. The smallest absolute Gasteiger partial charge is 0.244 e. The number of hydrogen-bond donors (Lipinski definition) is 1. The first-order valence-corrected chi connectivity index (χ1v) is 10.2. The van der Waals surface area contributed by atoms with Gasteiger partial charge in [-0.05, 0) is 24.3 Å². The number of rotatable bonds is 3. The Labute approximate surface area is 180 Å². The molecule has 8 heteroatoms. The zero-order valence-corrected chi connectivity index (χ0v) is 17.5. The number of hydrogen-bond acceptors (Lipinski definition) is 4. The minimum Gasteiger partial charge on any atom is -0.323 e. The molecule has 0 bridgehead atoms. The van der Waals surface area contributed by atoms with Crippen LogP contribution in [-0.4, -0.2) is 43.8 Å². The van der Waals surface area contributed by atoms with Gasteiger partial charge in [-0.2, -0.15) is 0 Å². The molecule has 2 aromatic carbocycles. The molecular weight excluding hydrogens is 396 g/mol. The molecule has 1 atom stereocenters. The summed E-state index contributed by atoms with van der Waals surface area (Å²) in [4.78, 5) is 55.1. The van der Waals surface area contributed by atoms with E-state index in [2.05, 4.69) is 5.32 Å². The molecular formula is C23H24N4O4. The number of para-hydroxylation sites is 4. The van der Waals surface area contributed by atoms with Gasteiger partial charge in [-0.25, -0.2) is 0 Å². The molecule has 0 spiro atoms. The SMILES string of the molecule is CC1CN(C(=O)CCC(=O)N2CC(=O)Nc3ccccc32)c2ccccc2N(C)C1=O. The highest BCUT2D eigenvalue weighted by Crippen LogP contribution is 2.34. The van der Waals surface area contributed by atoms with Gasteiger partial charge in [0.2, 0.25) is 23.6 Å². The molecule has 2 aromatic rings. The van der Waals surface area contributed by atoms with Crippen LogP contribution < -0.4 is 20.0 Å². The molecule has 1 unspecified atom stereocenters.